The third-order valence-electron chi connectivity index (χ3n) is 3.53. The molecule has 2 aromatic rings. The van der Waals surface area contributed by atoms with Crippen LogP contribution in [0.5, 0.6) is 0 Å². The normalized spacial score (nSPS) is 12.2. The number of hydrogen-bond acceptors (Lipinski definition) is 1. The Labute approximate surface area is 130 Å². The summed E-state index contributed by atoms with van der Waals surface area (Å²) in [4.78, 5) is 0. The summed E-state index contributed by atoms with van der Waals surface area (Å²) >= 11 is 3.69. The Hall–Kier alpha value is -1.28. The van der Waals surface area contributed by atoms with Gasteiger partial charge in [0.25, 0.3) is 0 Å². The largest absolute Gasteiger partial charge is 0.377 e. The molecule has 0 aliphatic rings. The standard InChI is InChI=1S/C18H22BrN/c1-4-8-17(15-9-6-5-7-10-15)20-18-14(3)11-13(2)12-16(18)19/h5-7,9-12,17,20H,4,8H2,1-3H3. The first kappa shape index (κ1) is 15.1. The molecular formula is C18H22BrN. The van der Waals surface area contributed by atoms with Crippen LogP contribution in [0.3, 0.4) is 0 Å². The zero-order chi connectivity index (χ0) is 14.5. The van der Waals surface area contributed by atoms with E-state index in [1.165, 1.54) is 22.4 Å². The van der Waals surface area contributed by atoms with E-state index in [4.69, 9.17) is 0 Å². The van der Waals surface area contributed by atoms with E-state index in [1.807, 2.05) is 0 Å². The van der Waals surface area contributed by atoms with Gasteiger partial charge >= 0.3 is 0 Å². The Morgan fingerprint density at radius 1 is 1.10 bits per heavy atom. The van der Waals surface area contributed by atoms with E-state index in [2.05, 4.69) is 84.5 Å². The summed E-state index contributed by atoms with van der Waals surface area (Å²) in [6, 6.07) is 15.4. The van der Waals surface area contributed by atoms with Crippen LogP contribution in [-0.2, 0) is 0 Å². The molecule has 0 radical (unpaired) electrons. The molecule has 0 amide bonds. The van der Waals surface area contributed by atoms with Gasteiger partial charge in [0.2, 0.25) is 0 Å². The average molecular weight is 332 g/mol. The molecule has 20 heavy (non-hydrogen) atoms. The minimum Gasteiger partial charge on any atom is -0.377 e. The van der Waals surface area contributed by atoms with Crippen LogP contribution in [0.2, 0.25) is 0 Å². The molecule has 2 rings (SSSR count). The first-order chi connectivity index (χ1) is 9.61. The lowest BCUT2D eigenvalue weighted by molar-refractivity contribution is 0.676. The summed E-state index contributed by atoms with van der Waals surface area (Å²) in [5.41, 5.74) is 5.12. The molecule has 0 saturated carbocycles. The molecule has 0 fully saturated rings. The zero-order valence-corrected chi connectivity index (χ0v) is 14.0. The van der Waals surface area contributed by atoms with Crippen molar-refractivity contribution in [3.8, 4) is 0 Å². The van der Waals surface area contributed by atoms with Crippen LogP contribution < -0.4 is 5.32 Å². The lowest BCUT2D eigenvalue weighted by Crippen LogP contribution is -2.12. The Bertz CT molecular complexity index is 540. The molecular weight excluding hydrogens is 310 g/mol. The van der Waals surface area contributed by atoms with Crippen molar-refractivity contribution in [2.75, 3.05) is 5.32 Å². The molecule has 1 N–H and O–H groups in total. The molecule has 1 atom stereocenters. The molecule has 2 heteroatoms. The van der Waals surface area contributed by atoms with Crippen LogP contribution in [0.1, 0.15) is 42.5 Å². The second-order valence-electron chi connectivity index (χ2n) is 5.33. The van der Waals surface area contributed by atoms with Crippen LogP contribution in [0.25, 0.3) is 0 Å². The van der Waals surface area contributed by atoms with Gasteiger partial charge in [-0.05, 0) is 59.0 Å². The minimum absolute atomic E-state index is 0.360. The van der Waals surface area contributed by atoms with E-state index in [-0.39, 0.29) is 0 Å². The van der Waals surface area contributed by atoms with Crippen LogP contribution in [0.15, 0.2) is 46.9 Å². The molecule has 106 valence electrons. The minimum atomic E-state index is 0.360. The predicted octanol–water partition coefficient (Wildman–Crippen LogP) is 6.02. The van der Waals surface area contributed by atoms with Gasteiger partial charge < -0.3 is 5.32 Å². The summed E-state index contributed by atoms with van der Waals surface area (Å²) in [5, 5.41) is 3.71. The van der Waals surface area contributed by atoms with Gasteiger partial charge in [-0.1, -0.05) is 49.7 Å². The lowest BCUT2D eigenvalue weighted by Gasteiger charge is -2.22. The fourth-order valence-corrected chi connectivity index (χ4v) is 3.36. The third kappa shape index (κ3) is 3.63. The van der Waals surface area contributed by atoms with Crippen molar-refractivity contribution in [1.82, 2.24) is 0 Å². The van der Waals surface area contributed by atoms with E-state index in [0.717, 1.165) is 17.3 Å². The fraction of sp³-hybridized carbons (Fsp3) is 0.333. The second kappa shape index (κ2) is 6.94. The molecule has 0 bridgehead atoms. The summed E-state index contributed by atoms with van der Waals surface area (Å²) in [6.07, 6.45) is 2.29. The van der Waals surface area contributed by atoms with Crippen molar-refractivity contribution in [3.05, 3.63) is 63.6 Å². The average Bonchev–Trinajstić information content (AvgIpc) is 2.42. The van der Waals surface area contributed by atoms with Crippen LogP contribution >= 0.6 is 15.9 Å². The molecule has 1 unspecified atom stereocenters. The van der Waals surface area contributed by atoms with Crippen LogP contribution in [0, 0.1) is 13.8 Å². The van der Waals surface area contributed by atoms with Gasteiger partial charge in [-0.2, -0.15) is 0 Å². The molecule has 2 aromatic carbocycles. The highest BCUT2D eigenvalue weighted by Crippen LogP contribution is 2.32. The van der Waals surface area contributed by atoms with Gasteiger partial charge in [-0.15, -0.1) is 0 Å². The number of hydrogen-bond donors (Lipinski definition) is 1. The van der Waals surface area contributed by atoms with Gasteiger partial charge in [0.1, 0.15) is 0 Å². The van der Waals surface area contributed by atoms with Crippen molar-refractivity contribution < 1.29 is 0 Å². The molecule has 0 aliphatic heterocycles. The Morgan fingerprint density at radius 3 is 2.40 bits per heavy atom. The number of rotatable bonds is 5. The fourth-order valence-electron chi connectivity index (χ4n) is 2.57. The van der Waals surface area contributed by atoms with Crippen molar-refractivity contribution in [2.45, 2.75) is 39.7 Å². The first-order valence-corrected chi connectivity index (χ1v) is 7.99. The van der Waals surface area contributed by atoms with Crippen LogP contribution in [-0.4, -0.2) is 0 Å². The van der Waals surface area contributed by atoms with E-state index < -0.39 is 0 Å². The van der Waals surface area contributed by atoms with Gasteiger partial charge in [0.15, 0.2) is 0 Å². The third-order valence-corrected chi connectivity index (χ3v) is 4.16. The summed E-state index contributed by atoms with van der Waals surface area (Å²) in [6.45, 7) is 6.52. The maximum absolute atomic E-state index is 3.71. The summed E-state index contributed by atoms with van der Waals surface area (Å²) in [7, 11) is 0. The quantitative estimate of drug-likeness (QED) is 0.706. The van der Waals surface area contributed by atoms with Crippen molar-refractivity contribution >= 4 is 21.6 Å². The van der Waals surface area contributed by atoms with E-state index in [0.29, 0.717) is 6.04 Å². The molecule has 0 heterocycles. The highest BCUT2D eigenvalue weighted by Gasteiger charge is 2.13. The highest BCUT2D eigenvalue weighted by molar-refractivity contribution is 9.10. The Balaban J connectivity index is 2.30. The molecule has 0 aliphatic carbocycles. The van der Waals surface area contributed by atoms with E-state index >= 15 is 0 Å². The predicted molar refractivity (Wildman–Crippen MR) is 91.3 cm³/mol. The molecule has 1 nitrogen and oxygen atoms in total. The monoisotopic (exact) mass is 331 g/mol. The number of anilines is 1. The molecule has 0 saturated heterocycles. The summed E-state index contributed by atoms with van der Waals surface area (Å²) in [5.74, 6) is 0. The SMILES string of the molecule is CCCC(Nc1c(C)cc(C)cc1Br)c1ccccc1. The molecule has 0 aromatic heterocycles. The van der Waals surface area contributed by atoms with Crippen molar-refractivity contribution in [3.63, 3.8) is 0 Å². The highest BCUT2D eigenvalue weighted by atomic mass is 79.9. The number of nitrogens with one attached hydrogen (secondary N) is 1. The number of benzene rings is 2. The smallest absolute Gasteiger partial charge is 0.0519 e. The maximum atomic E-state index is 3.71. The van der Waals surface area contributed by atoms with Gasteiger partial charge in [0.05, 0.1) is 11.7 Å². The van der Waals surface area contributed by atoms with Crippen LogP contribution in [0.4, 0.5) is 5.69 Å². The summed E-state index contributed by atoms with van der Waals surface area (Å²) < 4.78 is 1.15. The maximum Gasteiger partial charge on any atom is 0.0519 e. The second-order valence-corrected chi connectivity index (χ2v) is 6.19. The zero-order valence-electron chi connectivity index (χ0n) is 12.4. The van der Waals surface area contributed by atoms with Gasteiger partial charge in [0, 0.05) is 4.47 Å². The van der Waals surface area contributed by atoms with Gasteiger partial charge in [-0.3, -0.25) is 0 Å². The van der Waals surface area contributed by atoms with Crippen molar-refractivity contribution in [1.29, 1.82) is 0 Å². The number of halogens is 1. The Kier molecular flexibility index (Phi) is 5.24. The first-order valence-electron chi connectivity index (χ1n) is 7.20. The lowest BCUT2D eigenvalue weighted by atomic mass is 10.0. The molecule has 0 spiro atoms. The topological polar surface area (TPSA) is 12.0 Å². The van der Waals surface area contributed by atoms with Gasteiger partial charge in [-0.25, -0.2) is 0 Å². The van der Waals surface area contributed by atoms with E-state index in [1.54, 1.807) is 0 Å². The Morgan fingerprint density at radius 2 is 1.80 bits per heavy atom. The number of aryl methyl sites for hydroxylation is 2. The van der Waals surface area contributed by atoms with E-state index in [9.17, 15) is 0 Å². The van der Waals surface area contributed by atoms with Crippen molar-refractivity contribution in [2.24, 2.45) is 0 Å².